The largest absolute Gasteiger partial charge is 0.351 e. The predicted octanol–water partition coefficient (Wildman–Crippen LogP) is 2.69. The zero-order valence-electron chi connectivity index (χ0n) is 9.89. The number of amides is 1. The van der Waals surface area contributed by atoms with Crippen molar-refractivity contribution in [2.75, 3.05) is 5.88 Å². The smallest absolute Gasteiger partial charge is 0.290 e. The van der Waals surface area contributed by atoms with Gasteiger partial charge in [0.15, 0.2) is 0 Å². The first-order valence-corrected chi connectivity index (χ1v) is 6.09. The van der Waals surface area contributed by atoms with Crippen LogP contribution in [0, 0.1) is 6.92 Å². The van der Waals surface area contributed by atoms with E-state index in [9.17, 15) is 4.79 Å². The van der Waals surface area contributed by atoms with E-state index in [0.29, 0.717) is 11.6 Å². The molecule has 5 heteroatoms. The first-order valence-electron chi connectivity index (χ1n) is 5.56. The number of carbonyl (C=O) groups excluding carboxylic acids is 1. The lowest BCUT2D eigenvalue weighted by atomic mass is 10.1. The number of halogens is 1. The van der Waals surface area contributed by atoms with Crippen molar-refractivity contribution in [2.24, 2.45) is 0 Å². The van der Waals surface area contributed by atoms with Gasteiger partial charge >= 0.3 is 0 Å². The Hall–Kier alpha value is -1.81. The molecular formula is C13H13ClN2O2. The fraction of sp³-hybridized carbons (Fsp3) is 0.231. The third-order valence-corrected chi connectivity index (χ3v) is 2.82. The molecule has 0 saturated carbocycles. The van der Waals surface area contributed by atoms with Crippen molar-refractivity contribution in [1.82, 2.24) is 10.5 Å². The first-order chi connectivity index (χ1) is 8.70. The van der Waals surface area contributed by atoms with Crippen LogP contribution in [0.2, 0.25) is 0 Å². The summed E-state index contributed by atoms with van der Waals surface area (Å²) in [4.78, 5) is 11.9. The van der Waals surface area contributed by atoms with E-state index >= 15 is 0 Å². The average molecular weight is 265 g/mol. The highest BCUT2D eigenvalue weighted by Gasteiger charge is 2.17. The standard InChI is InChI=1S/C13H13ClN2O2/c1-9-7-12(18-16-9)13(17)15-11(8-14)10-5-3-2-4-6-10/h2-7,11H,8H2,1H3,(H,15,17). The van der Waals surface area contributed by atoms with Crippen LogP contribution in [0.15, 0.2) is 40.9 Å². The fourth-order valence-corrected chi connectivity index (χ4v) is 1.85. The van der Waals surface area contributed by atoms with Crippen LogP contribution in [-0.2, 0) is 0 Å². The summed E-state index contributed by atoms with van der Waals surface area (Å²) < 4.78 is 4.90. The van der Waals surface area contributed by atoms with Gasteiger partial charge in [0.1, 0.15) is 0 Å². The van der Waals surface area contributed by atoms with E-state index in [1.165, 1.54) is 0 Å². The number of aromatic nitrogens is 1. The summed E-state index contributed by atoms with van der Waals surface area (Å²) in [5.41, 5.74) is 1.62. The van der Waals surface area contributed by atoms with Crippen molar-refractivity contribution >= 4 is 17.5 Å². The molecule has 18 heavy (non-hydrogen) atoms. The number of benzene rings is 1. The number of rotatable bonds is 4. The Kier molecular flexibility index (Phi) is 3.99. The molecule has 94 valence electrons. The van der Waals surface area contributed by atoms with Crippen molar-refractivity contribution < 1.29 is 9.32 Å². The molecule has 0 aliphatic rings. The van der Waals surface area contributed by atoms with Gasteiger partial charge in [0, 0.05) is 11.9 Å². The Morgan fingerprint density at radius 1 is 1.44 bits per heavy atom. The van der Waals surface area contributed by atoms with Crippen LogP contribution in [0.5, 0.6) is 0 Å². The zero-order chi connectivity index (χ0) is 13.0. The van der Waals surface area contributed by atoms with Crippen molar-refractivity contribution in [3.63, 3.8) is 0 Å². The molecule has 1 amide bonds. The van der Waals surface area contributed by atoms with Crippen molar-refractivity contribution in [1.29, 1.82) is 0 Å². The second-order valence-corrected chi connectivity index (χ2v) is 4.23. The Bertz CT molecular complexity index is 525. The summed E-state index contributed by atoms with van der Waals surface area (Å²) in [7, 11) is 0. The van der Waals surface area contributed by atoms with Crippen LogP contribution in [-0.4, -0.2) is 16.9 Å². The maximum Gasteiger partial charge on any atom is 0.290 e. The van der Waals surface area contributed by atoms with Gasteiger partial charge < -0.3 is 9.84 Å². The summed E-state index contributed by atoms with van der Waals surface area (Å²) in [6, 6.07) is 10.9. The van der Waals surface area contributed by atoms with Gasteiger partial charge in [-0.1, -0.05) is 35.5 Å². The monoisotopic (exact) mass is 264 g/mol. The molecule has 1 N–H and O–H groups in total. The lowest BCUT2D eigenvalue weighted by Crippen LogP contribution is -2.29. The maximum atomic E-state index is 11.9. The molecule has 0 aliphatic carbocycles. The summed E-state index contributed by atoms with van der Waals surface area (Å²) in [6.45, 7) is 1.76. The fourth-order valence-electron chi connectivity index (χ4n) is 1.60. The van der Waals surface area contributed by atoms with E-state index in [2.05, 4.69) is 10.5 Å². The van der Waals surface area contributed by atoms with Crippen LogP contribution < -0.4 is 5.32 Å². The molecular weight excluding hydrogens is 252 g/mol. The number of hydrogen-bond acceptors (Lipinski definition) is 3. The molecule has 0 spiro atoms. The predicted molar refractivity (Wildman–Crippen MR) is 68.6 cm³/mol. The van der Waals surface area contributed by atoms with E-state index in [1.54, 1.807) is 13.0 Å². The highest BCUT2D eigenvalue weighted by atomic mass is 35.5. The molecule has 1 unspecified atom stereocenters. The van der Waals surface area contributed by atoms with Crippen LogP contribution in [0.1, 0.15) is 27.9 Å². The molecule has 4 nitrogen and oxygen atoms in total. The summed E-state index contributed by atoms with van der Waals surface area (Å²) in [6.07, 6.45) is 0. The topological polar surface area (TPSA) is 55.1 Å². The number of alkyl halides is 1. The lowest BCUT2D eigenvalue weighted by Gasteiger charge is -2.15. The SMILES string of the molecule is Cc1cc(C(=O)NC(CCl)c2ccccc2)on1. The Balaban J connectivity index is 2.10. The van der Waals surface area contributed by atoms with Crippen molar-refractivity contribution in [3.05, 3.63) is 53.4 Å². The third-order valence-electron chi connectivity index (χ3n) is 2.51. The molecule has 0 radical (unpaired) electrons. The zero-order valence-corrected chi connectivity index (χ0v) is 10.6. The molecule has 1 atom stereocenters. The molecule has 1 aromatic carbocycles. The van der Waals surface area contributed by atoms with Crippen molar-refractivity contribution in [2.45, 2.75) is 13.0 Å². The van der Waals surface area contributed by atoms with E-state index in [-0.39, 0.29) is 17.7 Å². The van der Waals surface area contributed by atoms with Gasteiger partial charge in [0.25, 0.3) is 5.91 Å². The molecule has 0 bridgehead atoms. The molecule has 1 aromatic heterocycles. The molecule has 1 heterocycles. The van der Waals surface area contributed by atoms with Gasteiger partial charge in [-0.15, -0.1) is 11.6 Å². The highest BCUT2D eigenvalue weighted by molar-refractivity contribution is 6.18. The van der Waals surface area contributed by atoms with Crippen LogP contribution in [0.25, 0.3) is 0 Å². The van der Waals surface area contributed by atoms with Gasteiger partial charge in [0.2, 0.25) is 5.76 Å². The van der Waals surface area contributed by atoms with Gasteiger partial charge in [-0.05, 0) is 12.5 Å². The minimum atomic E-state index is -0.315. The van der Waals surface area contributed by atoms with Crippen LogP contribution >= 0.6 is 11.6 Å². The molecule has 2 rings (SSSR count). The van der Waals surface area contributed by atoms with Crippen LogP contribution in [0.4, 0.5) is 0 Å². The minimum absolute atomic E-state index is 0.193. The van der Waals surface area contributed by atoms with Crippen molar-refractivity contribution in [3.8, 4) is 0 Å². The normalized spacial score (nSPS) is 12.1. The minimum Gasteiger partial charge on any atom is -0.351 e. The number of hydrogen-bond donors (Lipinski definition) is 1. The molecule has 2 aromatic rings. The Labute approximate surface area is 110 Å². The second kappa shape index (κ2) is 5.69. The summed E-state index contributed by atoms with van der Waals surface area (Å²) in [5, 5.41) is 6.48. The van der Waals surface area contributed by atoms with Gasteiger partial charge in [-0.3, -0.25) is 4.79 Å². The lowest BCUT2D eigenvalue weighted by molar-refractivity contribution is 0.0903. The van der Waals surface area contributed by atoms with E-state index in [0.717, 1.165) is 5.56 Å². The summed E-state index contributed by atoms with van der Waals surface area (Å²) in [5.74, 6) is 0.173. The Morgan fingerprint density at radius 2 is 2.17 bits per heavy atom. The van der Waals surface area contributed by atoms with E-state index in [1.807, 2.05) is 30.3 Å². The van der Waals surface area contributed by atoms with Gasteiger partial charge in [0.05, 0.1) is 11.7 Å². The average Bonchev–Trinajstić information content (AvgIpc) is 2.83. The maximum absolute atomic E-state index is 11.9. The van der Waals surface area contributed by atoms with Crippen LogP contribution in [0.3, 0.4) is 0 Å². The number of aryl methyl sites for hydroxylation is 1. The Morgan fingerprint density at radius 3 is 2.72 bits per heavy atom. The number of carbonyl (C=O) groups is 1. The van der Waals surface area contributed by atoms with E-state index < -0.39 is 0 Å². The number of nitrogens with zero attached hydrogens (tertiary/aromatic N) is 1. The first kappa shape index (κ1) is 12.6. The highest BCUT2D eigenvalue weighted by Crippen LogP contribution is 2.15. The third kappa shape index (κ3) is 2.90. The van der Waals surface area contributed by atoms with Gasteiger partial charge in [-0.25, -0.2) is 0 Å². The quantitative estimate of drug-likeness (QED) is 0.864. The molecule has 0 aliphatic heterocycles. The van der Waals surface area contributed by atoms with E-state index in [4.69, 9.17) is 16.1 Å². The van der Waals surface area contributed by atoms with Gasteiger partial charge in [-0.2, -0.15) is 0 Å². The summed E-state index contributed by atoms with van der Waals surface area (Å²) >= 11 is 5.88. The molecule has 0 fully saturated rings. The number of nitrogens with one attached hydrogen (secondary N) is 1. The second-order valence-electron chi connectivity index (χ2n) is 3.92. The molecule has 0 saturated heterocycles.